The lowest BCUT2D eigenvalue weighted by atomic mass is 9.66. The zero-order chi connectivity index (χ0) is 45.2. The summed E-state index contributed by atoms with van der Waals surface area (Å²) in [4.78, 5) is 0. The summed E-state index contributed by atoms with van der Waals surface area (Å²) in [5, 5.41) is 0. The largest absolute Gasteiger partial charge is 0.0714 e. The summed E-state index contributed by atoms with van der Waals surface area (Å²) in [5.41, 5.74) is 28.6. The first-order valence-electron chi connectivity index (χ1n) is 24.8. The van der Waals surface area contributed by atoms with E-state index in [2.05, 4.69) is 213 Å². The number of rotatable bonds is 14. The second-order valence-electron chi connectivity index (χ2n) is 18.4. The van der Waals surface area contributed by atoms with Gasteiger partial charge in [-0.05, 0) is 210 Å². The molecule has 0 heterocycles. The molecule has 0 saturated carbocycles. The summed E-state index contributed by atoms with van der Waals surface area (Å²) >= 11 is 0. The van der Waals surface area contributed by atoms with Gasteiger partial charge in [0.25, 0.3) is 0 Å². The third-order valence-electron chi connectivity index (χ3n) is 14.5. The molecule has 0 fully saturated rings. The highest BCUT2D eigenvalue weighted by Gasteiger charge is 2.46. The van der Waals surface area contributed by atoms with Gasteiger partial charge in [-0.15, -0.1) is 0 Å². The van der Waals surface area contributed by atoms with Gasteiger partial charge in [-0.3, -0.25) is 0 Å². The van der Waals surface area contributed by atoms with E-state index in [4.69, 9.17) is 0 Å². The van der Waals surface area contributed by atoms with Gasteiger partial charge in [0, 0.05) is 0 Å². The molecule has 8 aromatic rings. The predicted molar refractivity (Wildman–Crippen MR) is 281 cm³/mol. The first-order chi connectivity index (χ1) is 31.7. The van der Waals surface area contributed by atoms with E-state index in [9.17, 15) is 0 Å². The molecule has 326 valence electrons. The molecule has 65 heavy (non-hydrogen) atoms. The topological polar surface area (TPSA) is 0 Å². The molecule has 0 atom stereocenters. The van der Waals surface area contributed by atoms with Gasteiger partial charge in [-0.2, -0.15) is 0 Å². The molecule has 0 spiro atoms. The lowest BCUT2D eigenvalue weighted by Gasteiger charge is -2.35. The molecule has 1 aliphatic rings. The van der Waals surface area contributed by atoms with E-state index in [1.165, 1.54) is 122 Å². The zero-order valence-electron chi connectivity index (χ0n) is 40.2. The van der Waals surface area contributed by atoms with Gasteiger partial charge in [0.15, 0.2) is 0 Å². The number of benzene rings is 8. The average Bonchev–Trinajstić information content (AvgIpc) is 3.68. The fourth-order valence-corrected chi connectivity index (χ4v) is 10.7. The van der Waals surface area contributed by atoms with E-state index < -0.39 is 5.41 Å². The van der Waals surface area contributed by atoms with Crippen LogP contribution < -0.4 is 0 Å². The Morgan fingerprint density at radius 2 is 0.462 bits per heavy atom. The minimum Gasteiger partial charge on any atom is -0.0619 e. The number of hydrogen-bond donors (Lipinski definition) is 0. The van der Waals surface area contributed by atoms with Crippen molar-refractivity contribution in [1.82, 2.24) is 0 Å². The molecule has 0 nitrogen and oxygen atoms in total. The minimum atomic E-state index is -0.624. The Kier molecular flexibility index (Phi) is 12.7. The molecule has 0 amide bonds. The predicted octanol–water partition coefficient (Wildman–Crippen LogP) is 17.2. The smallest absolute Gasteiger partial charge is 0.0619 e. The summed E-state index contributed by atoms with van der Waals surface area (Å²) in [5.74, 6) is 0. The van der Waals surface area contributed by atoms with Crippen LogP contribution in [0.1, 0.15) is 122 Å². The van der Waals surface area contributed by atoms with Crippen molar-refractivity contribution in [1.29, 1.82) is 0 Å². The Labute approximate surface area is 390 Å². The van der Waals surface area contributed by atoms with Crippen LogP contribution in [0.25, 0.3) is 55.6 Å². The molecule has 0 aliphatic heterocycles. The van der Waals surface area contributed by atoms with E-state index in [0.717, 1.165) is 51.4 Å². The second kappa shape index (κ2) is 18.7. The maximum atomic E-state index is 2.56. The average molecular weight is 847 g/mol. The fraction of sp³-hybridized carbons (Fsp3) is 0.262. The van der Waals surface area contributed by atoms with Crippen LogP contribution in [0.3, 0.4) is 0 Å². The molecule has 0 saturated heterocycles. The summed E-state index contributed by atoms with van der Waals surface area (Å²) < 4.78 is 0. The number of hydrogen-bond acceptors (Lipinski definition) is 0. The van der Waals surface area contributed by atoms with Crippen LogP contribution in [0.5, 0.6) is 0 Å². The van der Waals surface area contributed by atoms with Crippen molar-refractivity contribution in [3.8, 4) is 55.6 Å². The highest BCUT2D eigenvalue weighted by atomic mass is 14.5. The SMILES string of the molecule is CCc1cc(CC)cc(-c2cc(-c3cc(CC)cc(CC)c3)cc(C3(c4cc(-c5cc(CC)cc(CC)c5)cc(-c5cc(CC)cc(CC)c5)c4)c4ccccc4-c4ccccc43)c2)c1. The van der Waals surface area contributed by atoms with Gasteiger partial charge in [0.2, 0.25) is 0 Å². The van der Waals surface area contributed by atoms with E-state index in [1.807, 2.05) is 0 Å². The third kappa shape index (κ3) is 8.23. The highest BCUT2D eigenvalue weighted by molar-refractivity contribution is 5.89. The molecular weight excluding hydrogens is 781 g/mol. The van der Waals surface area contributed by atoms with Gasteiger partial charge in [-0.25, -0.2) is 0 Å². The van der Waals surface area contributed by atoms with Gasteiger partial charge in [0.05, 0.1) is 5.41 Å². The summed E-state index contributed by atoms with van der Waals surface area (Å²) in [6, 6.07) is 63.0. The quantitative estimate of drug-likeness (QED) is 0.102. The zero-order valence-corrected chi connectivity index (χ0v) is 40.2. The van der Waals surface area contributed by atoms with E-state index in [1.54, 1.807) is 0 Å². The first-order valence-corrected chi connectivity index (χ1v) is 24.8. The molecule has 8 aromatic carbocycles. The molecule has 0 radical (unpaired) electrons. The van der Waals surface area contributed by atoms with Crippen molar-refractivity contribution in [2.75, 3.05) is 0 Å². The van der Waals surface area contributed by atoms with Crippen molar-refractivity contribution >= 4 is 0 Å². The molecule has 9 rings (SSSR count). The van der Waals surface area contributed by atoms with Crippen LogP contribution in [0.2, 0.25) is 0 Å². The van der Waals surface area contributed by atoms with E-state index >= 15 is 0 Å². The first kappa shape index (κ1) is 44.0. The lowest BCUT2D eigenvalue weighted by Crippen LogP contribution is -2.29. The highest BCUT2D eigenvalue weighted by Crippen LogP contribution is 2.58. The molecule has 0 heteroatoms. The van der Waals surface area contributed by atoms with Crippen molar-refractivity contribution in [3.05, 3.63) is 224 Å². The Bertz CT molecular complexity index is 2580. The van der Waals surface area contributed by atoms with Crippen LogP contribution in [0.15, 0.2) is 158 Å². The molecule has 0 N–H and O–H groups in total. The summed E-state index contributed by atoms with van der Waals surface area (Å²) in [6.07, 6.45) is 8.03. The van der Waals surface area contributed by atoms with Gasteiger partial charge >= 0.3 is 0 Å². The van der Waals surface area contributed by atoms with Crippen molar-refractivity contribution in [2.24, 2.45) is 0 Å². The fourth-order valence-electron chi connectivity index (χ4n) is 10.7. The van der Waals surface area contributed by atoms with Crippen LogP contribution in [-0.2, 0) is 56.8 Å². The van der Waals surface area contributed by atoms with Crippen molar-refractivity contribution in [3.63, 3.8) is 0 Å². The van der Waals surface area contributed by atoms with E-state index in [0.29, 0.717) is 0 Å². The second-order valence-corrected chi connectivity index (χ2v) is 18.4. The lowest BCUT2D eigenvalue weighted by molar-refractivity contribution is 0.770. The van der Waals surface area contributed by atoms with Crippen LogP contribution in [-0.4, -0.2) is 0 Å². The summed E-state index contributed by atoms with van der Waals surface area (Å²) in [6.45, 7) is 18.3. The normalized spacial score (nSPS) is 12.6. The van der Waals surface area contributed by atoms with Gasteiger partial charge in [-0.1, -0.05) is 177 Å². The minimum absolute atomic E-state index is 0.624. The number of aryl methyl sites for hydroxylation is 8. The Morgan fingerprint density at radius 3 is 0.692 bits per heavy atom. The van der Waals surface area contributed by atoms with Gasteiger partial charge in [0.1, 0.15) is 0 Å². The third-order valence-corrected chi connectivity index (χ3v) is 14.5. The standard InChI is InChI=1S/C65H66/c1-9-43-25-44(10-2)30-51(29-43)55-37-56(52-31-45(11-3)26-46(12-4)32-52)40-59(39-55)65(63-23-19-17-21-61(63)62-22-18-20-24-64(62)65)60-41-57(53-33-47(13-5)27-48(14-6)34-53)38-58(42-60)54-35-49(15-7)28-50(16-8)36-54/h17-42H,9-16H2,1-8H3. The molecule has 0 bridgehead atoms. The summed E-state index contributed by atoms with van der Waals surface area (Å²) in [7, 11) is 0. The maximum absolute atomic E-state index is 2.56. The van der Waals surface area contributed by atoms with Crippen molar-refractivity contribution in [2.45, 2.75) is 112 Å². The van der Waals surface area contributed by atoms with E-state index in [-0.39, 0.29) is 0 Å². The molecule has 0 unspecified atom stereocenters. The molecule has 0 aromatic heterocycles. The Balaban J connectivity index is 1.45. The number of fused-ring (bicyclic) bond motifs is 3. The van der Waals surface area contributed by atoms with Crippen LogP contribution in [0.4, 0.5) is 0 Å². The van der Waals surface area contributed by atoms with Gasteiger partial charge < -0.3 is 0 Å². The molecule has 1 aliphatic carbocycles. The van der Waals surface area contributed by atoms with Crippen LogP contribution >= 0.6 is 0 Å². The van der Waals surface area contributed by atoms with Crippen LogP contribution in [0, 0.1) is 0 Å². The molecular formula is C65H66. The monoisotopic (exact) mass is 847 g/mol. The maximum Gasteiger partial charge on any atom is 0.0714 e. The Hall–Kier alpha value is -6.24. The van der Waals surface area contributed by atoms with Crippen molar-refractivity contribution < 1.29 is 0 Å². The Morgan fingerprint density at radius 1 is 0.246 bits per heavy atom.